The third kappa shape index (κ3) is 3.99. The molecule has 0 spiro atoms. The number of aromatic nitrogens is 3. The molecule has 1 amide bonds. The van der Waals surface area contributed by atoms with Gasteiger partial charge >= 0.3 is 0 Å². The summed E-state index contributed by atoms with van der Waals surface area (Å²) in [5, 5.41) is 3.72. The molecule has 3 N–H and O–H groups in total. The Labute approximate surface area is 177 Å². The van der Waals surface area contributed by atoms with Crippen molar-refractivity contribution in [2.75, 3.05) is 13.7 Å². The number of H-pyrrole nitrogens is 2. The van der Waals surface area contributed by atoms with Gasteiger partial charge in [-0.2, -0.15) is 0 Å². The summed E-state index contributed by atoms with van der Waals surface area (Å²) in [6.45, 7) is 0.757. The molecule has 0 bridgehead atoms. The molecule has 2 aromatic carbocycles. The highest BCUT2D eigenvalue weighted by Gasteiger charge is 2.13. The van der Waals surface area contributed by atoms with Crippen LogP contribution in [0.4, 0.5) is 0 Å². The second-order valence-corrected chi connectivity index (χ2v) is 7.40. The van der Waals surface area contributed by atoms with E-state index in [9.17, 15) is 9.59 Å². The molecule has 0 saturated heterocycles. The molecule has 4 rings (SSSR count). The van der Waals surface area contributed by atoms with Crippen LogP contribution in [0.25, 0.3) is 21.9 Å². The van der Waals surface area contributed by atoms with Gasteiger partial charge in [-0.15, -0.1) is 0 Å². The first-order valence-electron chi connectivity index (χ1n) is 9.70. The highest BCUT2D eigenvalue weighted by atomic mass is 32.1. The van der Waals surface area contributed by atoms with E-state index in [1.54, 1.807) is 7.11 Å². The summed E-state index contributed by atoms with van der Waals surface area (Å²) in [6.07, 6.45) is 0.933. The summed E-state index contributed by atoms with van der Waals surface area (Å²) in [4.78, 5) is 31.4. The molecule has 0 radical (unpaired) electrons. The van der Waals surface area contributed by atoms with Gasteiger partial charge in [-0.3, -0.25) is 14.2 Å². The monoisotopic (exact) mass is 422 g/mol. The van der Waals surface area contributed by atoms with Gasteiger partial charge in [0.25, 0.3) is 5.56 Å². The fourth-order valence-electron chi connectivity index (χ4n) is 3.49. The van der Waals surface area contributed by atoms with Gasteiger partial charge in [0.05, 0.1) is 12.6 Å². The Kier molecular flexibility index (Phi) is 5.67. The molecule has 2 aromatic heterocycles. The van der Waals surface area contributed by atoms with Gasteiger partial charge in [-0.25, -0.2) is 0 Å². The highest BCUT2D eigenvalue weighted by molar-refractivity contribution is 7.71. The summed E-state index contributed by atoms with van der Waals surface area (Å²) in [5.74, 6) is 0.577. The van der Waals surface area contributed by atoms with E-state index in [1.807, 2.05) is 48.5 Å². The molecule has 0 unspecified atom stereocenters. The number of nitrogens with zero attached hydrogens (tertiary/aromatic N) is 1. The van der Waals surface area contributed by atoms with Crippen molar-refractivity contribution >= 4 is 40.1 Å². The Morgan fingerprint density at radius 1 is 1.13 bits per heavy atom. The number of rotatable bonds is 7. The van der Waals surface area contributed by atoms with Gasteiger partial charge in [-0.05, 0) is 42.4 Å². The Morgan fingerprint density at radius 3 is 2.70 bits per heavy atom. The van der Waals surface area contributed by atoms with Crippen LogP contribution in [-0.4, -0.2) is 34.1 Å². The minimum atomic E-state index is -0.249. The largest absolute Gasteiger partial charge is 0.497 e. The Morgan fingerprint density at radius 2 is 1.93 bits per heavy atom. The first-order valence-corrected chi connectivity index (χ1v) is 10.1. The van der Waals surface area contributed by atoms with Crippen LogP contribution in [-0.2, 0) is 17.8 Å². The van der Waals surface area contributed by atoms with Crippen molar-refractivity contribution in [2.45, 2.75) is 19.4 Å². The predicted molar refractivity (Wildman–Crippen MR) is 120 cm³/mol. The molecule has 0 atom stereocenters. The molecule has 0 aliphatic rings. The number of hydrogen-bond acceptors (Lipinski definition) is 4. The van der Waals surface area contributed by atoms with E-state index in [-0.39, 0.29) is 29.2 Å². The maximum absolute atomic E-state index is 13.0. The second kappa shape index (κ2) is 8.54. The van der Waals surface area contributed by atoms with Gasteiger partial charge < -0.3 is 20.0 Å². The van der Waals surface area contributed by atoms with Crippen LogP contribution < -0.4 is 15.6 Å². The molecule has 2 heterocycles. The fraction of sp³-hybridized carbons (Fsp3) is 0.227. The summed E-state index contributed by atoms with van der Waals surface area (Å²) >= 11 is 5.39. The zero-order valence-electron chi connectivity index (χ0n) is 16.5. The topological polar surface area (TPSA) is 91.9 Å². The zero-order chi connectivity index (χ0) is 21.1. The molecule has 0 saturated carbocycles. The average molecular weight is 423 g/mol. The molecule has 0 fully saturated rings. The van der Waals surface area contributed by atoms with Gasteiger partial charge in [-0.1, -0.05) is 30.3 Å². The van der Waals surface area contributed by atoms with E-state index in [0.29, 0.717) is 23.3 Å². The SMILES string of the molecule is COc1ccc2[nH]c3c(=O)n(CCC(=O)NCCc4ccccc4)c(=S)[nH]c3c2c1. The number of carbonyl (C=O) groups is 1. The minimum Gasteiger partial charge on any atom is -0.497 e. The molecule has 8 heteroatoms. The number of nitrogens with one attached hydrogen (secondary N) is 3. The Balaban J connectivity index is 1.49. The van der Waals surface area contributed by atoms with Crippen molar-refractivity contribution in [3.63, 3.8) is 0 Å². The lowest BCUT2D eigenvalue weighted by molar-refractivity contribution is -0.121. The van der Waals surface area contributed by atoms with Crippen molar-refractivity contribution in [3.05, 3.63) is 69.2 Å². The van der Waals surface area contributed by atoms with E-state index in [0.717, 1.165) is 22.9 Å². The third-order valence-corrected chi connectivity index (χ3v) is 5.41. The summed E-state index contributed by atoms with van der Waals surface area (Å²) in [5.41, 5.74) is 2.79. The van der Waals surface area contributed by atoms with E-state index < -0.39 is 0 Å². The maximum atomic E-state index is 13.0. The summed E-state index contributed by atoms with van der Waals surface area (Å²) in [7, 11) is 1.59. The Bertz CT molecular complexity index is 1320. The standard InChI is InChI=1S/C22H22N4O3S/c1-29-15-7-8-17-16(13-15)19-20(24-17)21(28)26(22(30)25-19)12-10-18(27)23-11-9-14-5-3-2-4-6-14/h2-8,13,24H,9-12H2,1H3,(H,23,27)(H,25,30). The zero-order valence-corrected chi connectivity index (χ0v) is 17.3. The molecular formula is C22H22N4O3S. The summed E-state index contributed by atoms with van der Waals surface area (Å²) in [6, 6.07) is 15.5. The van der Waals surface area contributed by atoms with Gasteiger partial charge in [0, 0.05) is 30.4 Å². The van der Waals surface area contributed by atoms with Crippen LogP contribution in [0.3, 0.4) is 0 Å². The van der Waals surface area contributed by atoms with E-state index in [2.05, 4.69) is 15.3 Å². The molecule has 154 valence electrons. The maximum Gasteiger partial charge on any atom is 0.278 e. The third-order valence-electron chi connectivity index (χ3n) is 5.08. The van der Waals surface area contributed by atoms with Crippen LogP contribution in [0, 0.1) is 4.77 Å². The molecule has 30 heavy (non-hydrogen) atoms. The van der Waals surface area contributed by atoms with Crippen LogP contribution in [0.2, 0.25) is 0 Å². The number of aromatic amines is 2. The molecular weight excluding hydrogens is 400 g/mol. The lowest BCUT2D eigenvalue weighted by Gasteiger charge is -2.08. The summed E-state index contributed by atoms with van der Waals surface area (Å²) < 4.78 is 6.97. The molecule has 0 aliphatic carbocycles. The van der Waals surface area contributed by atoms with Crippen molar-refractivity contribution in [1.29, 1.82) is 0 Å². The van der Waals surface area contributed by atoms with Gasteiger partial charge in [0.15, 0.2) is 4.77 Å². The second-order valence-electron chi connectivity index (χ2n) is 7.01. The van der Waals surface area contributed by atoms with Crippen molar-refractivity contribution < 1.29 is 9.53 Å². The lowest BCUT2D eigenvalue weighted by Crippen LogP contribution is -2.29. The van der Waals surface area contributed by atoms with E-state index in [4.69, 9.17) is 17.0 Å². The van der Waals surface area contributed by atoms with Crippen molar-refractivity contribution in [2.24, 2.45) is 0 Å². The number of fused-ring (bicyclic) bond motifs is 3. The first-order chi connectivity index (χ1) is 14.6. The highest BCUT2D eigenvalue weighted by Crippen LogP contribution is 2.25. The van der Waals surface area contributed by atoms with E-state index in [1.165, 1.54) is 4.57 Å². The van der Waals surface area contributed by atoms with Gasteiger partial charge in [0.2, 0.25) is 5.91 Å². The number of benzene rings is 2. The predicted octanol–water partition coefficient (Wildman–Crippen LogP) is 3.30. The smallest absolute Gasteiger partial charge is 0.278 e. The van der Waals surface area contributed by atoms with Crippen LogP contribution in [0.15, 0.2) is 53.3 Å². The minimum absolute atomic E-state index is 0.117. The lowest BCUT2D eigenvalue weighted by atomic mass is 10.1. The molecule has 4 aromatic rings. The van der Waals surface area contributed by atoms with E-state index >= 15 is 0 Å². The molecule has 0 aliphatic heterocycles. The first kappa shape index (κ1) is 19.9. The van der Waals surface area contributed by atoms with Crippen LogP contribution >= 0.6 is 12.2 Å². The number of hydrogen-bond donors (Lipinski definition) is 3. The number of amides is 1. The van der Waals surface area contributed by atoms with Gasteiger partial charge in [0.1, 0.15) is 11.3 Å². The fourth-order valence-corrected chi connectivity index (χ4v) is 3.76. The van der Waals surface area contributed by atoms with Crippen LogP contribution in [0.5, 0.6) is 5.75 Å². The van der Waals surface area contributed by atoms with Crippen molar-refractivity contribution in [3.8, 4) is 5.75 Å². The van der Waals surface area contributed by atoms with Crippen molar-refractivity contribution in [1.82, 2.24) is 19.9 Å². The molecule has 7 nitrogen and oxygen atoms in total. The normalized spacial score (nSPS) is 11.1. The van der Waals surface area contributed by atoms with Crippen LogP contribution in [0.1, 0.15) is 12.0 Å². The average Bonchev–Trinajstić information content (AvgIpc) is 3.12. The quantitative estimate of drug-likeness (QED) is 0.399. The number of methoxy groups -OCH3 is 1. The number of carbonyl (C=O) groups excluding carboxylic acids is 1. The Hall–Kier alpha value is -3.39. The number of ether oxygens (including phenoxy) is 1.